The molecule has 31 heavy (non-hydrogen) atoms. The molecule has 11 heteroatoms. The van der Waals surface area contributed by atoms with E-state index in [-0.39, 0.29) is 16.1 Å². The largest absolute Gasteiger partial charge is 0.329 e. The number of aromatic nitrogens is 2. The average Bonchev–Trinajstić information content (AvgIpc) is 3.23. The predicted octanol–water partition coefficient (Wildman–Crippen LogP) is 2.38. The quantitative estimate of drug-likeness (QED) is 0.499. The van der Waals surface area contributed by atoms with E-state index in [1.807, 2.05) is 61.2 Å². The molecule has 1 aliphatic heterocycles. The number of anilines is 1. The molecule has 0 aliphatic carbocycles. The molecule has 1 aromatic heterocycles. The van der Waals surface area contributed by atoms with Gasteiger partial charge in [0, 0.05) is 7.05 Å². The zero-order valence-electron chi connectivity index (χ0n) is 17.2. The lowest BCUT2D eigenvalue weighted by molar-refractivity contribution is 0.397. The van der Waals surface area contributed by atoms with Gasteiger partial charge in [0.25, 0.3) is 10.0 Å². The van der Waals surface area contributed by atoms with Gasteiger partial charge >= 0.3 is 0 Å². The number of allylic oxidation sites excluding steroid dienone is 1. The molecule has 0 radical (unpaired) electrons. The molecule has 0 spiro atoms. The van der Waals surface area contributed by atoms with Crippen LogP contribution in [0.15, 0.2) is 70.0 Å². The minimum Gasteiger partial charge on any atom is -0.329 e. The fourth-order valence-electron chi connectivity index (χ4n) is 3.64. The summed E-state index contributed by atoms with van der Waals surface area (Å²) in [4.78, 5) is 6.69. The lowest BCUT2D eigenvalue weighted by atomic mass is 10.2. The Hall–Kier alpha value is -3.02. The number of benzene rings is 2. The van der Waals surface area contributed by atoms with Gasteiger partial charge in [-0.05, 0) is 50.0 Å². The van der Waals surface area contributed by atoms with Gasteiger partial charge in [-0.1, -0.05) is 18.2 Å². The monoisotopic (exact) mass is 461 g/mol. The Kier molecular flexibility index (Phi) is 4.99. The molecule has 2 heterocycles. The van der Waals surface area contributed by atoms with Crippen molar-refractivity contribution in [1.82, 2.24) is 19.7 Å². The standard InChI is InChI=1S/C20H23N5O4S2/c1-13-19(14(2)25(24(13)3)15-8-6-5-7-9-15)23-31(28,29)16-10-11-17-18(12-16)22-20(21-17)30(4,26)27/h5-12,14,23H,4H2,1-3H3,(H,21,22)(H,26,27). The van der Waals surface area contributed by atoms with Crippen LogP contribution < -0.4 is 9.73 Å². The van der Waals surface area contributed by atoms with Crippen LogP contribution in [0.3, 0.4) is 0 Å². The molecular weight excluding hydrogens is 438 g/mol. The zero-order chi connectivity index (χ0) is 22.6. The lowest BCUT2D eigenvalue weighted by Gasteiger charge is -2.33. The van der Waals surface area contributed by atoms with Crippen molar-refractivity contribution < 1.29 is 17.2 Å². The molecule has 0 saturated heterocycles. The number of fused-ring (bicyclic) bond motifs is 1. The number of para-hydroxylation sites is 1. The molecule has 2 aromatic carbocycles. The van der Waals surface area contributed by atoms with Crippen molar-refractivity contribution in [2.75, 3.05) is 12.1 Å². The topological polar surface area (TPSA) is 119 Å². The van der Waals surface area contributed by atoms with E-state index in [2.05, 4.69) is 20.6 Å². The van der Waals surface area contributed by atoms with Gasteiger partial charge in [0.15, 0.2) is 0 Å². The van der Waals surface area contributed by atoms with Gasteiger partial charge in [-0.15, -0.1) is 0 Å². The Morgan fingerprint density at radius 1 is 1.16 bits per heavy atom. The highest BCUT2D eigenvalue weighted by molar-refractivity contribution is 7.95. The number of hydrogen-bond donors (Lipinski definition) is 3. The first kappa shape index (κ1) is 21.2. The molecule has 9 nitrogen and oxygen atoms in total. The number of nitrogens with one attached hydrogen (secondary N) is 2. The second kappa shape index (κ2) is 7.29. The number of sulfonamides is 1. The van der Waals surface area contributed by atoms with E-state index in [9.17, 15) is 17.2 Å². The summed E-state index contributed by atoms with van der Waals surface area (Å²) in [6, 6.07) is 13.7. The van der Waals surface area contributed by atoms with Crippen LogP contribution >= 0.6 is 0 Å². The maximum atomic E-state index is 13.1. The van der Waals surface area contributed by atoms with Crippen molar-refractivity contribution in [2.45, 2.75) is 29.9 Å². The summed E-state index contributed by atoms with van der Waals surface area (Å²) < 4.78 is 50.3. The Bertz CT molecular complexity index is 1400. The van der Waals surface area contributed by atoms with E-state index in [0.717, 1.165) is 11.4 Å². The molecule has 3 aromatic rings. The van der Waals surface area contributed by atoms with Crippen LogP contribution in [0.5, 0.6) is 0 Å². The molecule has 0 fully saturated rings. The Labute approximate surface area is 181 Å². The van der Waals surface area contributed by atoms with E-state index < -0.39 is 19.8 Å². The number of aromatic amines is 1. The first-order chi connectivity index (χ1) is 14.5. The predicted molar refractivity (Wildman–Crippen MR) is 121 cm³/mol. The molecule has 164 valence electrons. The average molecular weight is 462 g/mol. The molecule has 0 bridgehead atoms. The molecule has 2 unspecified atom stereocenters. The van der Waals surface area contributed by atoms with Gasteiger partial charge < -0.3 is 9.54 Å². The summed E-state index contributed by atoms with van der Waals surface area (Å²) >= 11 is 0. The lowest BCUT2D eigenvalue weighted by Crippen LogP contribution is -2.40. The smallest absolute Gasteiger partial charge is 0.261 e. The second-order valence-corrected chi connectivity index (χ2v) is 10.7. The minimum atomic E-state index is -3.91. The molecule has 1 aliphatic rings. The van der Waals surface area contributed by atoms with Crippen molar-refractivity contribution in [3.8, 4) is 0 Å². The van der Waals surface area contributed by atoms with Crippen molar-refractivity contribution in [2.24, 2.45) is 0 Å². The maximum Gasteiger partial charge on any atom is 0.261 e. The van der Waals surface area contributed by atoms with Gasteiger partial charge in [-0.25, -0.2) is 17.6 Å². The molecule has 3 N–H and O–H groups in total. The number of nitrogens with zero attached hydrogens (tertiary/aromatic N) is 3. The van der Waals surface area contributed by atoms with Crippen LogP contribution in [0.4, 0.5) is 5.69 Å². The number of hydrazine groups is 1. The van der Waals surface area contributed by atoms with Gasteiger partial charge in [-0.2, -0.15) is 0 Å². The number of rotatable bonds is 5. The van der Waals surface area contributed by atoms with Crippen molar-refractivity contribution >= 4 is 42.4 Å². The molecular formula is C20H23N5O4S2. The second-order valence-electron chi connectivity index (χ2n) is 7.35. The third-order valence-electron chi connectivity index (χ3n) is 5.29. The third kappa shape index (κ3) is 3.75. The first-order valence-electron chi connectivity index (χ1n) is 9.40. The Morgan fingerprint density at radius 2 is 1.84 bits per heavy atom. The number of hydrogen-bond acceptors (Lipinski definition) is 6. The van der Waals surface area contributed by atoms with Gasteiger partial charge in [0.05, 0.1) is 39.1 Å². The molecule has 2 atom stereocenters. The van der Waals surface area contributed by atoms with Gasteiger partial charge in [0.1, 0.15) is 9.80 Å². The van der Waals surface area contributed by atoms with Crippen molar-refractivity contribution in [3.63, 3.8) is 0 Å². The normalized spacial score (nSPS) is 19.2. The highest BCUT2D eigenvalue weighted by Gasteiger charge is 2.34. The van der Waals surface area contributed by atoms with E-state index in [1.54, 1.807) is 0 Å². The van der Waals surface area contributed by atoms with E-state index in [4.69, 9.17) is 0 Å². The summed E-state index contributed by atoms with van der Waals surface area (Å²) in [6.07, 6.45) is 0. The molecule has 0 saturated carbocycles. The number of imidazole rings is 1. The van der Waals surface area contributed by atoms with Gasteiger partial charge in [0.2, 0.25) is 5.16 Å². The zero-order valence-corrected chi connectivity index (χ0v) is 18.9. The molecule has 4 rings (SSSR count). The Balaban J connectivity index is 1.67. The van der Waals surface area contributed by atoms with E-state index >= 15 is 0 Å². The summed E-state index contributed by atoms with van der Waals surface area (Å²) in [5.41, 5.74) is 2.99. The fourth-order valence-corrected chi connectivity index (χ4v) is 5.40. The summed E-state index contributed by atoms with van der Waals surface area (Å²) in [6.45, 7) is 3.78. The summed E-state index contributed by atoms with van der Waals surface area (Å²) in [5.74, 6) is 3.17. The first-order valence-corrected chi connectivity index (χ1v) is 12.6. The SMILES string of the molecule is C=S(=O)(O)c1nc2ccc(S(=O)(=O)NC3=C(C)N(C)N(c4ccccc4)C3C)cc2[nH]1. The highest BCUT2D eigenvalue weighted by Crippen LogP contribution is 2.32. The van der Waals surface area contributed by atoms with Crippen LogP contribution in [0.1, 0.15) is 13.8 Å². The maximum absolute atomic E-state index is 13.1. The van der Waals surface area contributed by atoms with Crippen LogP contribution in [-0.4, -0.2) is 51.1 Å². The Morgan fingerprint density at radius 3 is 2.48 bits per heavy atom. The summed E-state index contributed by atoms with van der Waals surface area (Å²) in [7, 11) is -5.57. The van der Waals surface area contributed by atoms with Crippen molar-refractivity contribution in [3.05, 3.63) is 59.9 Å². The highest BCUT2D eigenvalue weighted by atomic mass is 32.2. The van der Waals surface area contributed by atoms with Crippen LogP contribution in [0, 0.1) is 0 Å². The summed E-state index contributed by atoms with van der Waals surface area (Å²) in [5, 5.41) is 3.71. The van der Waals surface area contributed by atoms with Gasteiger partial charge in [-0.3, -0.25) is 14.7 Å². The van der Waals surface area contributed by atoms with Crippen molar-refractivity contribution in [1.29, 1.82) is 0 Å². The van der Waals surface area contributed by atoms with Crippen LogP contribution in [0.2, 0.25) is 0 Å². The van der Waals surface area contributed by atoms with Crippen LogP contribution in [-0.2, 0) is 19.8 Å². The molecule has 0 amide bonds. The third-order valence-corrected chi connectivity index (χ3v) is 7.45. The van der Waals surface area contributed by atoms with Crippen LogP contribution in [0.25, 0.3) is 11.0 Å². The number of H-pyrrole nitrogens is 1. The minimum absolute atomic E-state index is 0.0111. The van der Waals surface area contributed by atoms with E-state index in [1.165, 1.54) is 18.2 Å². The fraction of sp³-hybridized carbons (Fsp3) is 0.200. The van der Waals surface area contributed by atoms with E-state index in [0.29, 0.717) is 16.7 Å².